The number of fused-ring (bicyclic) bond motifs is 1. The average molecular weight is 276 g/mol. The molecule has 1 aromatic heterocycles. The summed E-state index contributed by atoms with van der Waals surface area (Å²) in [5.74, 6) is 1.05. The van der Waals surface area contributed by atoms with Gasteiger partial charge in [-0.3, -0.25) is 4.79 Å². The number of hydrogen-bond acceptors (Lipinski definition) is 2. The number of rotatable bonds is 4. The van der Waals surface area contributed by atoms with Crippen molar-refractivity contribution in [2.45, 2.75) is 64.2 Å². The maximum Gasteiger partial charge on any atom is 0.306 e. The van der Waals surface area contributed by atoms with Crippen molar-refractivity contribution < 1.29 is 9.90 Å². The summed E-state index contributed by atoms with van der Waals surface area (Å²) < 4.78 is 0. The van der Waals surface area contributed by atoms with Crippen LogP contribution >= 0.6 is 0 Å². The van der Waals surface area contributed by atoms with Gasteiger partial charge in [0, 0.05) is 18.5 Å². The molecular weight excluding hydrogens is 252 g/mol. The van der Waals surface area contributed by atoms with Crippen LogP contribution < -0.4 is 0 Å². The van der Waals surface area contributed by atoms with Crippen LogP contribution in [0, 0.1) is 11.8 Å². The highest BCUT2D eigenvalue weighted by Crippen LogP contribution is 2.28. The van der Waals surface area contributed by atoms with E-state index in [0.717, 1.165) is 42.4 Å². The van der Waals surface area contributed by atoms with Gasteiger partial charge in [-0.2, -0.15) is 0 Å². The van der Waals surface area contributed by atoms with E-state index in [4.69, 9.17) is 5.11 Å². The van der Waals surface area contributed by atoms with Crippen LogP contribution in [0.25, 0.3) is 0 Å². The monoisotopic (exact) mass is 276 g/mol. The Morgan fingerprint density at radius 3 is 2.80 bits per heavy atom. The molecule has 1 saturated carbocycles. The average Bonchev–Trinajstić information content (AvgIpc) is 2.88. The lowest BCUT2D eigenvalue weighted by molar-refractivity contribution is -0.142. The molecule has 0 saturated heterocycles. The Morgan fingerprint density at radius 2 is 2.05 bits per heavy atom. The van der Waals surface area contributed by atoms with Crippen molar-refractivity contribution in [3.63, 3.8) is 0 Å². The van der Waals surface area contributed by atoms with Crippen LogP contribution in [0.2, 0.25) is 0 Å². The summed E-state index contributed by atoms with van der Waals surface area (Å²) in [6.07, 6.45) is 11.4. The van der Waals surface area contributed by atoms with Crippen LogP contribution in [0.3, 0.4) is 0 Å². The summed E-state index contributed by atoms with van der Waals surface area (Å²) in [5.41, 5.74) is 2.18. The summed E-state index contributed by atoms with van der Waals surface area (Å²) in [5, 5.41) is 9.11. The van der Waals surface area contributed by atoms with Crippen LogP contribution in [0.4, 0.5) is 0 Å². The topological polar surface area (TPSA) is 66.0 Å². The Morgan fingerprint density at radius 1 is 1.25 bits per heavy atom. The van der Waals surface area contributed by atoms with Crippen molar-refractivity contribution in [1.29, 1.82) is 0 Å². The fraction of sp³-hybridized carbons (Fsp3) is 0.750. The van der Waals surface area contributed by atoms with Gasteiger partial charge in [0.1, 0.15) is 5.82 Å². The van der Waals surface area contributed by atoms with Crippen molar-refractivity contribution in [3.8, 4) is 0 Å². The third-order valence-electron chi connectivity index (χ3n) is 4.96. The van der Waals surface area contributed by atoms with E-state index in [9.17, 15) is 4.79 Å². The maximum absolute atomic E-state index is 11.1. The van der Waals surface area contributed by atoms with Crippen molar-refractivity contribution in [2.24, 2.45) is 11.8 Å². The van der Waals surface area contributed by atoms with Gasteiger partial charge in [0.25, 0.3) is 0 Å². The third kappa shape index (κ3) is 3.05. The molecule has 0 bridgehead atoms. The summed E-state index contributed by atoms with van der Waals surface area (Å²) in [7, 11) is 0. The molecule has 0 aromatic carbocycles. The zero-order valence-electron chi connectivity index (χ0n) is 12.0. The van der Waals surface area contributed by atoms with E-state index in [0.29, 0.717) is 6.42 Å². The maximum atomic E-state index is 11.1. The number of aromatic amines is 1. The highest BCUT2D eigenvalue weighted by Gasteiger charge is 2.26. The zero-order valence-corrected chi connectivity index (χ0v) is 12.0. The first-order valence-corrected chi connectivity index (χ1v) is 8.02. The molecule has 0 amide bonds. The Bertz CT molecular complexity index is 475. The van der Waals surface area contributed by atoms with Crippen molar-refractivity contribution in [2.75, 3.05) is 0 Å². The molecule has 2 aliphatic rings. The van der Waals surface area contributed by atoms with Crippen molar-refractivity contribution in [3.05, 3.63) is 17.2 Å². The molecule has 2 aliphatic carbocycles. The fourth-order valence-corrected chi connectivity index (χ4v) is 3.69. The van der Waals surface area contributed by atoms with E-state index in [1.54, 1.807) is 0 Å². The molecule has 110 valence electrons. The second-order valence-electron chi connectivity index (χ2n) is 6.43. The van der Waals surface area contributed by atoms with Gasteiger partial charge in [-0.25, -0.2) is 4.98 Å². The number of aromatic nitrogens is 2. The fourth-order valence-electron chi connectivity index (χ4n) is 3.69. The van der Waals surface area contributed by atoms with Gasteiger partial charge in [0.05, 0.1) is 11.6 Å². The quantitative estimate of drug-likeness (QED) is 0.888. The van der Waals surface area contributed by atoms with E-state index >= 15 is 0 Å². The third-order valence-corrected chi connectivity index (χ3v) is 4.96. The highest BCUT2D eigenvalue weighted by molar-refractivity contribution is 5.70. The number of aryl methyl sites for hydroxylation is 2. The number of hydrogen-bond donors (Lipinski definition) is 2. The smallest absolute Gasteiger partial charge is 0.306 e. The minimum Gasteiger partial charge on any atom is -0.481 e. The molecule has 3 rings (SSSR count). The zero-order chi connectivity index (χ0) is 13.9. The van der Waals surface area contributed by atoms with Gasteiger partial charge in [-0.05, 0) is 25.2 Å². The van der Waals surface area contributed by atoms with Gasteiger partial charge in [-0.1, -0.05) is 32.1 Å². The van der Waals surface area contributed by atoms with Gasteiger partial charge in [0.2, 0.25) is 0 Å². The van der Waals surface area contributed by atoms with Crippen LogP contribution in [0.15, 0.2) is 0 Å². The molecule has 1 unspecified atom stereocenters. The minimum absolute atomic E-state index is 0.228. The molecule has 4 heteroatoms. The molecule has 1 atom stereocenters. The number of imidazole rings is 1. The van der Waals surface area contributed by atoms with Gasteiger partial charge in [-0.15, -0.1) is 0 Å². The lowest BCUT2D eigenvalue weighted by Crippen LogP contribution is -2.22. The number of carbonyl (C=O) groups is 1. The van der Waals surface area contributed by atoms with E-state index < -0.39 is 5.97 Å². The van der Waals surface area contributed by atoms with Gasteiger partial charge < -0.3 is 10.1 Å². The molecule has 0 spiro atoms. The molecule has 20 heavy (non-hydrogen) atoms. The van der Waals surface area contributed by atoms with E-state index in [-0.39, 0.29) is 5.92 Å². The van der Waals surface area contributed by atoms with Crippen molar-refractivity contribution >= 4 is 5.97 Å². The molecular formula is C16H24N2O2. The number of nitrogens with one attached hydrogen (secondary N) is 1. The van der Waals surface area contributed by atoms with Crippen LogP contribution in [-0.4, -0.2) is 21.0 Å². The normalized spacial score (nSPS) is 23.5. The second kappa shape index (κ2) is 5.98. The van der Waals surface area contributed by atoms with Gasteiger partial charge in [0.15, 0.2) is 0 Å². The summed E-state index contributed by atoms with van der Waals surface area (Å²) in [6, 6.07) is 0. The number of aliphatic carboxylic acids is 1. The number of H-pyrrole nitrogens is 1. The lowest BCUT2D eigenvalue weighted by atomic mass is 9.86. The summed E-state index contributed by atoms with van der Waals surface area (Å²) >= 11 is 0. The molecule has 0 aliphatic heterocycles. The molecule has 1 fully saturated rings. The van der Waals surface area contributed by atoms with E-state index in [1.165, 1.54) is 38.5 Å². The minimum atomic E-state index is -0.672. The highest BCUT2D eigenvalue weighted by atomic mass is 16.4. The largest absolute Gasteiger partial charge is 0.481 e. The summed E-state index contributed by atoms with van der Waals surface area (Å²) in [6.45, 7) is 0. The SMILES string of the molecule is O=C(O)C1CCc2nc(CCC3CCCCC3)[nH]c2C1. The first-order valence-electron chi connectivity index (χ1n) is 8.02. The number of carboxylic acids is 1. The Hall–Kier alpha value is -1.32. The van der Waals surface area contributed by atoms with Crippen molar-refractivity contribution in [1.82, 2.24) is 9.97 Å². The number of carboxylic acid groups (broad SMARTS) is 1. The first kappa shape index (κ1) is 13.7. The predicted molar refractivity (Wildman–Crippen MR) is 76.6 cm³/mol. The molecule has 2 N–H and O–H groups in total. The standard InChI is InChI=1S/C16H24N2O2/c19-16(20)12-7-8-13-14(10-12)18-15(17-13)9-6-11-4-2-1-3-5-11/h11-12H,1-10H2,(H,17,18)(H,19,20). The van der Waals surface area contributed by atoms with Crippen LogP contribution in [0.1, 0.15) is 62.2 Å². The molecule has 4 nitrogen and oxygen atoms in total. The Labute approximate surface area is 120 Å². The first-order chi connectivity index (χ1) is 9.72. The molecule has 1 aromatic rings. The lowest BCUT2D eigenvalue weighted by Gasteiger charge is -2.20. The van der Waals surface area contributed by atoms with Crippen LogP contribution in [-0.2, 0) is 24.1 Å². The van der Waals surface area contributed by atoms with E-state index in [1.807, 2.05) is 0 Å². The second-order valence-corrected chi connectivity index (χ2v) is 6.43. The Balaban J connectivity index is 1.57. The predicted octanol–water partition coefficient (Wildman–Crippen LogP) is 3.11. The van der Waals surface area contributed by atoms with E-state index in [2.05, 4.69) is 9.97 Å². The molecule has 0 radical (unpaired) electrons. The van der Waals surface area contributed by atoms with Gasteiger partial charge >= 0.3 is 5.97 Å². The number of nitrogens with zero attached hydrogens (tertiary/aromatic N) is 1. The van der Waals surface area contributed by atoms with Crippen LogP contribution in [0.5, 0.6) is 0 Å². The molecule has 1 heterocycles. The Kier molecular flexibility index (Phi) is 4.08. The summed E-state index contributed by atoms with van der Waals surface area (Å²) in [4.78, 5) is 19.1.